The molecule has 0 radical (unpaired) electrons. The van der Waals surface area contributed by atoms with Gasteiger partial charge in [0.1, 0.15) is 0 Å². The third kappa shape index (κ3) is 2.99. The van der Waals surface area contributed by atoms with E-state index in [-0.39, 0.29) is 0 Å². The lowest BCUT2D eigenvalue weighted by Crippen LogP contribution is -1.91. The molecule has 0 aliphatic heterocycles. The summed E-state index contributed by atoms with van der Waals surface area (Å²) in [4.78, 5) is 0. The van der Waals surface area contributed by atoms with Gasteiger partial charge in [-0.25, -0.2) is 0 Å². The molecule has 0 aliphatic carbocycles. The molecule has 0 bridgehead atoms. The third-order valence-electron chi connectivity index (χ3n) is 1.98. The van der Waals surface area contributed by atoms with Gasteiger partial charge in [0.25, 0.3) is 0 Å². The predicted molar refractivity (Wildman–Crippen MR) is 58.8 cm³/mol. The van der Waals surface area contributed by atoms with Crippen molar-refractivity contribution in [3.63, 3.8) is 0 Å². The monoisotopic (exact) mass is 186 g/mol. The Morgan fingerprint density at radius 2 is 2.07 bits per heavy atom. The van der Waals surface area contributed by atoms with Crippen molar-refractivity contribution in [3.05, 3.63) is 47.7 Å². The molecule has 1 nitrogen and oxygen atoms in total. The first-order chi connectivity index (χ1) is 6.88. The average molecular weight is 186 g/mol. The lowest BCUT2D eigenvalue weighted by Gasteiger charge is -2.03. The second-order valence-electron chi connectivity index (χ2n) is 2.96. The van der Waals surface area contributed by atoms with Gasteiger partial charge in [0, 0.05) is 6.42 Å². The summed E-state index contributed by atoms with van der Waals surface area (Å²) in [5, 5.41) is 0. The molecule has 14 heavy (non-hydrogen) atoms. The molecular weight excluding hydrogens is 172 g/mol. The normalized spacial score (nSPS) is 10.0. The van der Waals surface area contributed by atoms with Gasteiger partial charge >= 0.3 is 0 Å². The highest BCUT2D eigenvalue weighted by Crippen LogP contribution is 2.10. The van der Waals surface area contributed by atoms with Gasteiger partial charge in [-0.05, 0) is 23.6 Å². The van der Waals surface area contributed by atoms with Crippen molar-refractivity contribution in [1.82, 2.24) is 0 Å². The van der Waals surface area contributed by atoms with E-state index in [2.05, 4.69) is 18.1 Å². The first kappa shape index (κ1) is 10.4. The number of allylic oxidation sites excluding steroid dienone is 1. The minimum absolute atomic E-state index is 0.691. The zero-order chi connectivity index (χ0) is 10.2. The van der Waals surface area contributed by atoms with E-state index < -0.39 is 0 Å². The number of rotatable bonds is 4. The number of benzene rings is 1. The second-order valence-corrected chi connectivity index (χ2v) is 2.96. The molecule has 0 saturated carbocycles. The Morgan fingerprint density at radius 3 is 2.71 bits per heavy atom. The molecule has 0 atom stereocenters. The van der Waals surface area contributed by atoms with E-state index in [0.29, 0.717) is 6.42 Å². The van der Waals surface area contributed by atoms with Gasteiger partial charge in [0.15, 0.2) is 0 Å². The minimum Gasteiger partial charge on any atom is -0.505 e. The van der Waals surface area contributed by atoms with Crippen molar-refractivity contribution in [1.29, 1.82) is 0 Å². The summed E-state index contributed by atoms with van der Waals surface area (Å²) in [7, 11) is 1.64. The standard InChI is InChI=1S/C13H14O/c1-3-7-12-8-4-5-9-13(12)10-6-11-14-2/h1,4-6,8-9,11H,7,10H2,2H3. The molecule has 0 spiro atoms. The molecule has 1 aromatic carbocycles. The number of methoxy groups -OCH3 is 1. The Hall–Kier alpha value is -1.68. The van der Waals surface area contributed by atoms with Crippen molar-refractivity contribution < 1.29 is 4.74 Å². The zero-order valence-electron chi connectivity index (χ0n) is 8.36. The molecule has 0 heterocycles. The summed E-state index contributed by atoms with van der Waals surface area (Å²) in [5.74, 6) is 2.66. The van der Waals surface area contributed by atoms with Crippen LogP contribution in [0.1, 0.15) is 11.1 Å². The Kier molecular flexibility index (Phi) is 4.37. The van der Waals surface area contributed by atoms with Crippen LogP contribution >= 0.6 is 0 Å². The summed E-state index contributed by atoms with van der Waals surface area (Å²) >= 11 is 0. The van der Waals surface area contributed by atoms with Crippen LogP contribution in [0.4, 0.5) is 0 Å². The van der Waals surface area contributed by atoms with Crippen LogP contribution in [-0.2, 0) is 17.6 Å². The highest BCUT2D eigenvalue weighted by atomic mass is 16.5. The highest BCUT2D eigenvalue weighted by molar-refractivity contribution is 5.31. The van der Waals surface area contributed by atoms with Gasteiger partial charge in [0.05, 0.1) is 13.4 Å². The second kappa shape index (κ2) is 5.88. The molecule has 72 valence electrons. The smallest absolute Gasteiger partial charge is 0.0788 e. The summed E-state index contributed by atoms with van der Waals surface area (Å²) in [5.41, 5.74) is 2.48. The summed E-state index contributed by atoms with van der Waals surface area (Å²) < 4.78 is 4.84. The van der Waals surface area contributed by atoms with E-state index in [0.717, 1.165) is 6.42 Å². The SMILES string of the molecule is C#CCc1ccccc1CC=COC. The van der Waals surface area contributed by atoms with Crippen LogP contribution in [0.2, 0.25) is 0 Å². The van der Waals surface area contributed by atoms with Crippen molar-refractivity contribution in [2.45, 2.75) is 12.8 Å². The largest absolute Gasteiger partial charge is 0.505 e. The summed E-state index contributed by atoms with van der Waals surface area (Å²) in [6.07, 6.45) is 10.5. The van der Waals surface area contributed by atoms with Gasteiger partial charge in [-0.15, -0.1) is 12.3 Å². The Balaban J connectivity index is 2.74. The molecular formula is C13H14O. The minimum atomic E-state index is 0.691. The first-order valence-corrected chi connectivity index (χ1v) is 4.56. The molecule has 0 amide bonds. The van der Waals surface area contributed by atoms with Crippen molar-refractivity contribution >= 4 is 0 Å². The van der Waals surface area contributed by atoms with Crippen LogP contribution in [0.3, 0.4) is 0 Å². The fourth-order valence-electron chi connectivity index (χ4n) is 1.31. The third-order valence-corrected chi connectivity index (χ3v) is 1.98. The topological polar surface area (TPSA) is 9.23 Å². The maximum Gasteiger partial charge on any atom is 0.0788 e. The van der Waals surface area contributed by atoms with Gasteiger partial charge in [-0.1, -0.05) is 24.3 Å². The lowest BCUT2D eigenvalue weighted by molar-refractivity contribution is 0.337. The Labute approximate surface area is 85.4 Å². The number of ether oxygens (including phenoxy) is 1. The summed E-state index contributed by atoms with van der Waals surface area (Å²) in [6.45, 7) is 0. The van der Waals surface area contributed by atoms with E-state index in [1.807, 2.05) is 18.2 Å². The number of terminal acetylenes is 1. The Bertz CT molecular complexity index is 344. The van der Waals surface area contributed by atoms with Crippen molar-refractivity contribution in [2.24, 2.45) is 0 Å². The zero-order valence-corrected chi connectivity index (χ0v) is 8.36. The van der Waals surface area contributed by atoms with E-state index in [4.69, 9.17) is 11.2 Å². The van der Waals surface area contributed by atoms with Crippen molar-refractivity contribution in [2.75, 3.05) is 7.11 Å². The first-order valence-electron chi connectivity index (χ1n) is 4.56. The Morgan fingerprint density at radius 1 is 1.36 bits per heavy atom. The van der Waals surface area contributed by atoms with Gasteiger partial charge < -0.3 is 4.74 Å². The van der Waals surface area contributed by atoms with Gasteiger partial charge in [0.2, 0.25) is 0 Å². The van der Waals surface area contributed by atoms with Crippen LogP contribution in [0.25, 0.3) is 0 Å². The van der Waals surface area contributed by atoms with E-state index in [1.165, 1.54) is 11.1 Å². The quantitative estimate of drug-likeness (QED) is 0.518. The average Bonchev–Trinajstić information content (AvgIpc) is 2.21. The predicted octanol–water partition coefficient (Wildman–Crippen LogP) is 2.56. The van der Waals surface area contributed by atoms with E-state index in [9.17, 15) is 0 Å². The van der Waals surface area contributed by atoms with Gasteiger partial charge in [-0.2, -0.15) is 0 Å². The van der Waals surface area contributed by atoms with Crippen LogP contribution in [-0.4, -0.2) is 7.11 Å². The summed E-state index contributed by atoms with van der Waals surface area (Å²) in [6, 6.07) is 8.19. The fourth-order valence-corrected chi connectivity index (χ4v) is 1.31. The number of hydrogen-bond donors (Lipinski definition) is 0. The van der Waals surface area contributed by atoms with Crippen LogP contribution in [0.15, 0.2) is 36.6 Å². The molecule has 1 heteroatoms. The molecule has 0 aromatic heterocycles. The highest BCUT2D eigenvalue weighted by Gasteiger charge is 1.97. The van der Waals surface area contributed by atoms with E-state index >= 15 is 0 Å². The fraction of sp³-hybridized carbons (Fsp3) is 0.231. The van der Waals surface area contributed by atoms with Gasteiger partial charge in [-0.3, -0.25) is 0 Å². The van der Waals surface area contributed by atoms with E-state index in [1.54, 1.807) is 13.4 Å². The lowest BCUT2D eigenvalue weighted by atomic mass is 10.0. The van der Waals surface area contributed by atoms with Crippen LogP contribution in [0, 0.1) is 12.3 Å². The van der Waals surface area contributed by atoms with Crippen molar-refractivity contribution in [3.8, 4) is 12.3 Å². The van der Waals surface area contributed by atoms with Crippen LogP contribution < -0.4 is 0 Å². The number of hydrogen-bond acceptors (Lipinski definition) is 1. The molecule has 1 rings (SSSR count). The molecule has 1 aromatic rings. The molecule has 0 unspecified atom stereocenters. The molecule has 0 fully saturated rings. The molecule has 0 N–H and O–H groups in total. The van der Waals surface area contributed by atoms with Crippen LogP contribution in [0.5, 0.6) is 0 Å². The maximum atomic E-state index is 5.29. The maximum absolute atomic E-state index is 5.29. The molecule has 0 aliphatic rings. The molecule has 0 saturated heterocycles.